The van der Waals surface area contributed by atoms with E-state index in [4.69, 9.17) is 11.5 Å². The van der Waals surface area contributed by atoms with Crippen LogP contribution >= 0.6 is 0 Å². The van der Waals surface area contributed by atoms with Crippen LogP contribution < -0.4 is 48.1 Å². The van der Waals surface area contributed by atoms with Gasteiger partial charge in [-0.3, -0.25) is 52.7 Å². The molecule has 9 amide bonds. The number of aromatic amines is 1. The van der Waals surface area contributed by atoms with E-state index in [0.717, 1.165) is 25.7 Å². The molecular formula is C47H81N11O14S. The number of nitrogens with two attached hydrogens (primary N) is 2. The largest absolute Gasteiger partial charge is 0.481 e. The van der Waals surface area contributed by atoms with E-state index < -0.39 is 144 Å². The third kappa shape index (κ3) is 31.1. The molecule has 0 aliphatic heterocycles. The van der Waals surface area contributed by atoms with Crippen LogP contribution in [0, 0.1) is 0 Å². The maximum Gasteiger partial charge on any atom is 0.303 e. The molecule has 25 nitrogen and oxygen atoms in total. The Hall–Kier alpha value is -6.18. The minimum Gasteiger partial charge on any atom is -0.481 e. The summed E-state index contributed by atoms with van der Waals surface area (Å²) in [5.74, 6) is -10.2. The number of H-pyrrole nitrogens is 1. The van der Waals surface area contributed by atoms with E-state index in [-0.39, 0.29) is 32.1 Å². The first-order valence-corrected chi connectivity index (χ1v) is 27.0. The number of hydrogen-bond donors (Lipinski definition) is 12. The number of hydrogen-bond acceptors (Lipinski definition) is 14. The Kier molecular flexibility index (Phi) is 33.3. The predicted octanol–water partition coefficient (Wildman–Crippen LogP) is -0.00200. The van der Waals surface area contributed by atoms with Crippen LogP contribution in [0.2, 0.25) is 0 Å². The van der Waals surface area contributed by atoms with Gasteiger partial charge in [0.1, 0.15) is 30.2 Å². The summed E-state index contributed by atoms with van der Waals surface area (Å²) in [6, 6.07) is -7.55. The highest BCUT2D eigenvalue weighted by Crippen LogP contribution is 2.13. The summed E-state index contributed by atoms with van der Waals surface area (Å²) in [5, 5.41) is 33.4. The van der Waals surface area contributed by atoms with E-state index in [9.17, 15) is 66.6 Å². The van der Waals surface area contributed by atoms with Gasteiger partial charge in [-0.2, -0.15) is 0 Å². The average molecular weight is 1060 g/mol. The van der Waals surface area contributed by atoms with E-state index in [1.54, 1.807) is 0 Å². The van der Waals surface area contributed by atoms with Gasteiger partial charge in [0.25, 0.3) is 0 Å². The van der Waals surface area contributed by atoms with Gasteiger partial charge < -0.3 is 58.6 Å². The number of imidazole rings is 1. The minimum atomic E-state index is -4.05. The van der Waals surface area contributed by atoms with Crippen molar-refractivity contribution >= 4 is 69.2 Å². The molecule has 1 aromatic rings. The van der Waals surface area contributed by atoms with Gasteiger partial charge in [0.2, 0.25) is 63.2 Å². The lowest BCUT2D eigenvalue weighted by atomic mass is 10.0. The van der Waals surface area contributed by atoms with Crippen LogP contribution in [0.15, 0.2) is 12.5 Å². The first-order chi connectivity index (χ1) is 34.7. The zero-order valence-corrected chi connectivity index (χ0v) is 43.3. The van der Waals surface area contributed by atoms with E-state index in [1.807, 2.05) is 11.6 Å². The minimum absolute atomic E-state index is 0.0440. The summed E-state index contributed by atoms with van der Waals surface area (Å²) in [6.45, 7) is 2.39. The Morgan fingerprint density at radius 1 is 0.575 bits per heavy atom. The maximum absolute atomic E-state index is 13.8. The standard InChI is InChI=1S/C47H81N11O14S/c1-3-5-7-8-9-10-11-12-13-14-15-16-17-20-40(62)58-73(71,72)26-18-21-39(61)51-29-41(63)53-34(23-25-42(64)65)44(67)55-35(22-24-38(48)60)45(68)56-36(27-32-28-50-31-52-32)46(69)57-37(30-59)47(70)54-33(43(49)66)19-6-4-2/h28,31,33-37,59H,3-27,29-30H2,1-2H3,(H2,48,60)(H2,49,66)(H,50,52)(H,51,61)(H,53,63)(H,54,70)(H,55,67)(H,56,68)(H,57,69)(H,58,62)(H,64,65)/t33-,34-,35-,36-,37-/m0/s1. The van der Waals surface area contributed by atoms with Crippen LogP contribution in [0.25, 0.3) is 0 Å². The molecule has 73 heavy (non-hydrogen) atoms. The number of rotatable bonds is 43. The summed E-state index contributed by atoms with van der Waals surface area (Å²) >= 11 is 0. The highest BCUT2D eigenvalue weighted by molar-refractivity contribution is 7.90. The number of aliphatic carboxylic acids is 1. The smallest absolute Gasteiger partial charge is 0.303 e. The normalized spacial score (nSPS) is 13.2. The molecular weight excluding hydrogens is 975 g/mol. The number of primary amides is 2. The zero-order valence-electron chi connectivity index (χ0n) is 42.4. The third-order valence-corrected chi connectivity index (χ3v) is 12.9. The van der Waals surface area contributed by atoms with Crippen LogP contribution in [0.5, 0.6) is 0 Å². The highest BCUT2D eigenvalue weighted by Gasteiger charge is 2.33. The van der Waals surface area contributed by atoms with Gasteiger partial charge in [0.05, 0.1) is 25.2 Å². The number of amides is 9. The molecule has 0 aromatic carbocycles. The van der Waals surface area contributed by atoms with Gasteiger partial charge in [0.15, 0.2) is 0 Å². The van der Waals surface area contributed by atoms with Crippen LogP contribution in [0.1, 0.15) is 167 Å². The van der Waals surface area contributed by atoms with Crippen molar-refractivity contribution in [2.75, 3.05) is 18.9 Å². The molecule has 1 aromatic heterocycles. The molecule has 1 heterocycles. The summed E-state index contributed by atoms with van der Waals surface area (Å²) in [4.78, 5) is 134. The Morgan fingerprint density at radius 2 is 1.07 bits per heavy atom. The fourth-order valence-electron chi connectivity index (χ4n) is 7.41. The lowest BCUT2D eigenvalue weighted by molar-refractivity contribution is -0.138. The molecule has 414 valence electrons. The first kappa shape index (κ1) is 64.8. The topological polar surface area (TPSA) is 410 Å². The molecule has 14 N–H and O–H groups in total. The molecule has 0 aliphatic rings. The second-order valence-corrected chi connectivity index (χ2v) is 19.9. The van der Waals surface area contributed by atoms with E-state index in [1.165, 1.54) is 63.9 Å². The fraction of sp³-hybridized carbons (Fsp3) is 0.723. The van der Waals surface area contributed by atoms with Crippen molar-refractivity contribution in [3.05, 3.63) is 18.2 Å². The van der Waals surface area contributed by atoms with E-state index >= 15 is 0 Å². The molecule has 1 rings (SSSR count). The number of unbranched alkanes of at least 4 members (excludes halogenated alkanes) is 13. The van der Waals surface area contributed by atoms with Gasteiger partial charge in [-0.25, -0.2) is 13.4 Å². The average Bonchev–Trinajstić information content (AvgIpc) is 3.85. The molecule has 26 heteroatoms. The Labute approximate surface area is 427 Å². The van der Waals surface area contributed by atoms with E-state index in [2.05, 4.69) is 48.8 Å². The number of carbonyl (C=O) groups is 10. The SMILES string of the molecule is CCCCCCCCCCCCCCCC(=O)NS(=O)(=O)CCCC(=O)NCC(=O)N[C@@H](CCC(=O)O)C(=O)N[C@@H](CCC(N)=O)C(=O)N[C@@H](Cc1cnc[nH]1)C(=O)N[C@@H](CO)C(=O)N[C@@H](CCCC)C(N)=O. The number of aliphatic hydroxyl groups excluding tert-OH is 1. The number of carboxylic acid groups (broad SMARTS) is 1. The molecule has 0 fully saturated rings. The molecule has 0 unspecified atom stereocenters. The summed E-state index contributed by atoms with van der Waals surface area (Å²) in [6.07, 6.45) is 15.7. The molecule has 0 saturated heterocycles. The van der Waals surface area contributed by atoms with Crippen LogP contribution in [0.4, 0.5) is 0 Å². The number of carbonyl (C=O) groups excluding carboxylic acids is 9. The summed E-state index contributed by atoms with van der Waals surface area (Å²) < 4.78 is 27.0. The number of nitrogens with zero attached hydrogens (tertiary/aromatic N) is 1. The first-order valence-electron chi connectivity index (χ1n) is 25.4. The molecule has 0 saturated carbocycles. The Morgan fingerprint density at radius 3 is 1.60 bits per heavy atom. The van der Waals surface area contributed by atoms with Gasteiger partial charge in [-0.15, -0.1) is 0 Å². The Balaban J connectivity index is 2.84. The fourth-order valence-corrected chi connectivity index (χ4v) is 8.48. The van der Waals surface area contributed by atoms with Crippen molar-refractivity contribution in [1.29, 1.82) is 0 Å². The van der Waals surface area contributed by atoms with Crippen LogP contribution in [-0.4, -0.2) is 137 Å². The van der Waals surface area contributed by atoms with Crippen molar-refractivity contribution in [1.82, 2.24) is 46.6 Å². The van der Waals surface area contributed by atoms with Crippen molar-refractivity contribution in [2.24, 2.45) is 11.5 Å². The molecule has 0 radical (unpaired) electrons. The van der Waals surface area contributed by atoms with Crippen molar-refractivity contribution in [2.45, 2.75) is 198 Å². The maximum atomic E-state index is 13.8. The van der Waals surface area contributed by atoms with Crippen molar-refractivity contribution < 1.29 is 66.6 Å². The van der Waals surface area contributed by atoms with Crippen molar-refractivity contribution in [3.63, 3.8) is 0 Å². The van der Waals surface area contributed by atoms with Gasteiger partial charge in [-0.1, -0.05) is 104 Å². The number of nitrogens with one attached hydrogen (secondary N) is 8. The second kappa shape index (κ2) is 37.5. The lowest BCUT2D eigenvalue weighted by Gasteiger charge is -2.26. The molecule has 0 spiro atoms. The number of aliphatic hydroxyl groups is 1. The summed E-state index contributed by atoms with van der Waals surface area (Å²) in [7, 11) is -4.05. The second-order valence-electron chi connectivity index (χ2n) is 18.0. The van der Waals surface area contributed by atoms with Gasteiger partial charge in [0, 0.05) is 44.0 Å². The number of carboxylic acids is 1. The quantitative estimate of drug-likeness (QED) is 0.0383. The molecule has 0 aliphatic carbocycles. The monoisotopic (exact) mass is 1060 g/mol. The van der Waals surface area contributed by atoms with Gasteiger partial charge in [-0.05, 0) is 32.1 Å². The third-order valence-electron chi connectivity index (χ3n) is 11.6. The highest BCUT2D eigenvalue weighted by atomic mass is 32.2. The van der Waals surface area contributed by atoms with Gasteiger partial charge >= 0.3 is 5.97 Å². The molecule has 0 bridgehead atoms. The summed E-state index contributed by atoms with van der Waals surface area (Å²) in [5.41, 5.74) is 11.0. The number of sulfonamides is 1. The Bertz CT molecular complexity index is 2010. The molecule has 5 atom stereocenters. The predicted molar refractivity (Wildman–Crippen MR) is 268 cm³/mol. The van der Waals surface area contributed by atoms with Crippen molar-refractivity contribution in [3.8, 4) is 0 Å². The van der Waals surface area contributed by atoms with E-state index in [0.29, 0.717) is 25.0 Å². The van der Waals surface area contributed by atoms with Crippen LogP contribution in [0.3, 0.4) is 0 Å². The lowest BCUT2D eigenvalue weighted by Crippen LogP contribution is -2.60. The van der Waals surface area contributed by atoms with Crippen LogP contribution in [-0.2, 0) is 64.4 Å². The number of aromatic nitrogens is 2. The zero-order chi connectivity index (χ0) is 54.6.